The normalized spacial score (nSPS) is 13.4. The van der Waals surface area contributed by atoms with Crippen LogP contribution >= 0.6 is 0 Å². The smallest absolute Gasteiger partial charge is 0.184 e. The maximum atomic E-state index is 2.38. The molecule has 0 radical (unpaired) electrons. The molecule has 6 aromatic rings. The van der Waals surface area contributed by atoms with E-state index in [9.17, 15) is 0 Å². The number of rotatable bonds is 4. The van der Waals surface area contributed by atoms with Crippen molar-refractivity contribution in [2.24, 2.45) is 0 Å². The number of benzene rings is 4. The van der Waals surface area contributed by atoms with Gasteiger partial charge in [-0.25, -0.2) is 0 Å². The highest BCUT2D eigenvalue weighted by atomic mass is 28.3. The number of nitrogens with zero attached hydrogens (tertiary/aromatic N) is 2. The van der Waals surface area contributed by atoms with Crippen LogP contribution in [0, 0.1) is 0 Å². The summed E-state index contributed by atoms with van der Waals surface area (Å²) in [6.07, 6.45) is 4.53. The molecule has 0 atom stereocenters. The number of fused-ring (bicyclic) bond motifs is 3. The van der Waals surface area contributed by atoms with Crippen LogP contribution in [0.2, 0.25) is 0 Å². The fourth-order valence-corrected chi connectivity index (χ4v) is 11.0. The molecule has 0 unspecified atom stereocenters. The van der Waals surface area contributed by atoms with Gasteiger partial charge in [-0.05, 0) is 57.1 Å². The second-order valence-electron chi connectivity index (χ2n) is 9.05. The van der Waals surface area contributed by atoms with Gasteiger partial charge in [-0.2, -0.15) is 0 Å². The molecule has 1 aliphatic heterocycles. The van der Waals surface area contributed by atoms with Gasteiger partial charge in [0.05, 0.1) is 11.4 Å². The molecule has 2 aromatic heterocycles. The minimum absolute atomic E-state index is 1.19. The monoisotopic (exact) mass is 464 g/mol. The average molecular weight is 465 g/mol. The molecule has 0 fully saturated rings. The van der Waals surface area contributed by atoms with Crippen molar-refractivity contribution < 1.29 is 0 Å². The Morgan fingerprint density at radius 3 is 1.09 bits per heavy atom. The molecule has 0 amide bonds. The Labute approximate surface area is 206 Å². The van der Waals surface area contributed by atoms with Crippen LogP contribution in [-0.4, -0.2) is 17.2 Å². The van der Waals surface area contributed by atoms with Crippen molar-refractivity contribution in [3.63, 3.8) is 0 Å². The number of hydrogen-bond acceptors (Lipinski definition) is 0. The third kappa shape index (κ3) is 2.82. The fourth-order valence-electron chi connectivity index (χ4n) is 5.87. The van der Waals surface area contributed by atoms with Gasteiger partial charge in [-0.3, -0.25) is 0 Å². The molecule has 2 nitrogen and oxygen atoms in total. The number of aromatic nitrogens is 2. The summed E-state index contributed by atoms with van der Waals surface area (Å²) in [4.78, 5) is 0. The summed E-state index contributed by atoms with van der Waals surface area (Å²) in [5.74, 6) is 0. The molecule has 7 rings (SSSR count). The Balaban J connectivity index is 1.64. The van der Waals surface area contributed by atoms with E-state index in [2.05, 4.69) is 155 Å². The quantitative estimate of drug-likeness (QED) is 0.336. The fraction of sp³-hybridized carbons (Fsp3) is 0. The second kappa shape index (κ2) is 7.86. The zero-order valence-electron chi connectivity index (χ0n) is 19.3. The molecule has 3 heteroatoms. The van der Waals surface area contributed by atoms with Crippen LogP contribution < -0.4 is 20.7 Å². The van der Waals surface area contributed by atoms with E-state index in [0.29, 0.717) is 0 Å². The van der Waals surface area contributed by atoms with Crippen molar-refractivity contribution in [3.8, 4) is 22.8 Å². The Morgan fingerprint density at radius 1 is 0.371 bits per heavy atom. The van der Waals surface area contributed by atoms with Crippen LogP contribution in [0.1, 0.15) is 0 Å². The SMILES string of the molecule is c1ccc(-n2ccc3c2-c2c(ccn2-c2ccccc2)[Si]3(c2ccccc2)c2ccccc2)cc1. The lowest BCUT2D eigenvalue weighted by Crippen LogP contribution is -2.72. The third-order valence-corrected chi connectivity index (χ3v) is 12.1. The highest BCUT2D eigenvalue weighted by Crippen LogP contribution is 2.33. The van der Waals surface area contributed by atoms with E-state index < -0.39 is 8.07 Å². The maximum Gasteiger partial charge on any atom is 0.184 e. The summed E-state index contributed by atoms with van der Waals surface area (Å²) in [6, 6.07) is 48.5. The summed E-state index contributed by atoms with van der Waals surface area (Å²) in [6.45, 7) is 0. The molecule has 0 aliphatic carbocycles. The van der Waals surface area contributed by atoms with Gasteiger partial charge in [-0.15, -0.1) is 0 Å². The third-order valence-electron chi connectivity index (χ3n) is 7.29. The van der Waals surface area contributed by atoms with Crippen LogP contribution in [0.5, 0.6) is 0 Å². The van der Waals surface area contributed by atoms with Crippen LogP contribution in [0.3, 0.4) is 0 Å². The van der Waals surface area contributed by atoms with Gasteiger partial charge >= 0.3 is 0 Å². The molecule has 1 aliphatic rings. The molecular weight excluding hydrogens is 440 g/mol. The molecule has 4 aromatic carbocycles. The minimum Gasteiger partial charge on any atom is -0.315 e. The van der Waals surface area contributed by atoms with Crippen molar-refractivity contribution in [1.82, 2.24) is 9.13 Å². The van der Waals surface area contributed by atoms with Crippen molar-refractivity contribution in [3.05, 3.63) is 146 Å². The van der Waals surface area contributed by atoms with Gasteiger partial charge in [0.25, 0.3) is 0 Å². The van der Waals surface area contributed by atoms with E-state index in [1.54, 1.807) is 0 Å². The Hall–Kier alpha value is -4.34. The molecule has 0 bridgehead atoms. The summed E-state index contributed by atoms with van der Waals surface area (Å²) >= 11 is 0. The Bertz CT molecular complexity index is 1490. The molecule has 3 heterocycles. The summed E-state index contributed by atoms with van der Waals surface area (Å²) < 4.78 is 4.77. The largest absolute Gasteiger partial charge is 0.315 e. The van der Waals surface area contributed by atoms with E-state index in [-0.39, 0.29) is 0 Å². The van der Waals surface area contributed by atoms with Gasteiger partial charge in [0.15, 0.2) is 8.07 Å². The highest BCUT2D eigenvalue weighted by Gasteiger charge is 2.51. The number of hydrogen-bond donors (Lipinski definition) is 0. The van der Waals surface area contributed by atoms with Crippen molar-refractivity contribution in [1.29, 1.82) is 0 Å². The lowest BCUT2D eigenvalue weighted by molar-refractivity contribution is 1.03. The van der Waals surface area contributed by atoms with Crippen LogP contribution in [0.25, 0.3) is 22.8 Å². The zero-order chi connectivity index (χ0) is 23.2. The highest BCUT2D eigenvalue weighted by molar-refractivity contribution is 7.22. The van der Waals surface area contributed by atoms with Crippen LogP contribution in [0.4, 0.5) is 0 Å². The van der Waals surface area contributed by atoms with Crippen LogP contribution in [0.15, 0.2) is 146 Å². The molecule has 0 saturated heterocycles. The minimum atomic E-state index is -2.49. The van der Waals surface area contributed by atoms with Crippen molar-refractivity contribution in [2.75, 3.05) is 0 Å². The summed E-state index contributed by atoms with van der Waals surface area (Å²) in [7, 11) is -2.49. The van der Waals surface area contributed by atoms with E-state index in [1.807, 2.05) is 0 Å². The van der Waals surface area contributed by atoms with Crippen molar-refractivity contribution >= 4 is 28.8 Å². The zero-order valence-corrected chi connectivity index (χ0v) is 20.3. The lowest BCUT2D eigenvalue weighted by atomic mass is 10.2. The van der Waals surface area contributed by atoms with Gasteiger partial charge < -0.3 is 9.13 Å². The molecule has 0 spiro atoms. The first-order valence-electron chi connectivity index (χ1n) is 12.0. The van der Waals surface area contributed by atoms with E-state index in [4.69, 9.17) is 0 Å². The van der Waals surface area contributed by atoms with E-state index >= 15 is 0 Å². The van der Waals surface area contributed by atoms with Gasteiger partial charge in [0, 0.05) is 23.8 Å². The predicted octanol–water partition coefficient (Wildman–Crippen LogP) is 4.63. The number of para-hydroxylation sites is 2. The first kappa shape index (κ1) is 20.1. The van der Waals surface area contributed by atoms with Gasteiger partial charge in [0.2, 0.25) is 0 Å². The van der Waals surface area contributed by atoms with Gasteiger partial charge in [-0.1, -0.05) is 97.1 Å². The molecule has 35 heavy (non-hydrogen) atoms. The second-order valence-corrected chi connectivity index (χ2v) is 12.8. The first-order chi connectivity index (χ1) is 17.4. The van der Waals surface area contributed by atoms with Crippen molar-refractivity contribution in [2.45, 2.75) is 0 Å². The molecule has 0 N–H and O–H groups in total. The molecular formula is C32H24N2Si. The Kier molecular flexibility index (Phi) is 4.51. The van der Waals surface area contributed by atoms with Crippen LogP contribution in [-0.2, 0) is 0 Å². The molecule has 0 saturated carbocycles. The predicted molar refractivity (Wildman–Crippen MR) is 148 cm³/mol. The first-order valence-corrected chi connectivity index (χ1v) is 14.0. The summed E-state index contributed by atoms with van der Waals surface area (Å²) in [5, 5.41) is 5.74. The molecule has 166 valence electrons. The Morgan fingerprint density at radius 2 is 0.714 bits per heavy atom. The topological polar surface area (TPSA) is 9.86 Å². The standard InChI is InChI=1S/C32H24N2Si/c1-5-13-25(14-6-1)33-23-21-29-31(33)32-30(22-24-34(32)26-15-7-2-8-16-26)35(29,27-17-9-3-10-18-27)28-19-11-4-12-20-28/h1-24H. The van der Waals surface area contributed by atoms with E-state index in [0.717, 1.165) is 0 Å². The van der Waals surface area contributed by atoms with E-state index in [1.165, 1.54) is 43.5 Å². The van der Waals surface area contributed by atoms with Gasteiger partial charge in [0.1, 0.15) is 0 Å². The average Bonchev–Trinajstić information content (AvgIpc) is 3.63. The lowest BCUT2D eigenvalue weighted by Gasteiger charge is -2.29. The summed E-state index contributed by atoms with van der Waals surface area (Å²) in [5.41, 5.74) is 4.98. The maximum absolute atomic E-state index is 2.49.